The quantitative estimate of drug-likeness (QED) is 0.622. The highest BCUT2D eigenvalue weighted by atomic mass is 16.5. The van der Waals surface area contributed by atoms with Crippen molar-refractivity contribution in [1.29, 1.82) is 0 Å². The minimum absolute atomic E-state index is 0.298. The van der Waals surface area contributed by atoms with E-state index in [1.807, 2.05) is 36.4 Å². The van der Waals surface area contributed by atoms with Crippen LogP contribution in [-0.2, 0) is 9.47 Å². The average molecular weight is 310 g/mol. The molecule has 0 spiro atoms. The van der Waals surface area contributed by atoms with Crippen molar-refractivity contribution in [1.82, 2.24) is 0 Å². The van der Waals surface area contributed by atoms with Gasteiger partial charge in [0, 0.05) is 0 Å². The molecule has 0 aliphatic rings. The van der Waals surface area contributed by atoms with Gasteiger partial charge in [0.2, 0.25) is 0 Å². The summed E-state index contributed by atoms with van der Waals surface area (Å²) in [6.45, 7) is 2.05. The molecule has 0 heterocycles. The first-order valence-electron chi connectivity index (χ1n) is 7.28. The molecule has 0 bridgehead atoms. The first kappa shape index (κ1) is 16.5. The van der Waals surface area contributed by atoms with E-state index in [4.69, 9.17) is 9.47 Å². The topological polar surface area (TPSA) is 52.6 Å². The number of hydrogen-bond acceptors (Lipinski definition) is 4. The summed E-state index contributed by atoms with van der Waals surface area (Å²) in [6, 6.07) is 14.4. The van der Waals surface area contributed by atoms with E-state index in [0.29, 0.717) is 23.3 Å². The van der Waals surface area contributed by atoms with Gasteiger partial charge in [-0.05, 0) is 36.2 Å². The third-order valence-electron chi connectivity index (χ3n) is 3.22. The SMILES string of the molecule is CCOC(=O)c1ccc(C(=O)OC)c(/C=C/c2ccccc2)c1. The smallest absolute Gasteiger partial charge is 0.338 e. The Bertz CT molecular complexity index is 717. The molecule has 0 N–H and O–H groups in total. The van der Waals surface area contributed by atoms with Gasteiger partial charge >= 0.3 is 11.9 Å². The predicted molar refractivity (Wildman–Crippen MR) is 89.1 cm³/mol. The van der Waals surface area contributed by atoms with Crippen LogP contribution < -0.4 is 0 Å². The van der Waals surface area contributed by atoms with Crippen LogP contribution in [0.2, 0.25) is 0 Å². The van der Waals surface area contributed by atoms with E-state index >= 15 is 0 Å². The maximum absolute atomic E-state index is 11.9. The van der Waals surface area contributed by atoms with Crippen molar-refractivity contribution < 1.29 is 19.1 Å². The van der Waals surface area contributed by atoms with Crippen LogP contribution in [0.4, 0.5) is 0 Å². The summed E-state index contributed by atoms with van der Waals surface area (Å²) in [6.07, 6.45) is 3.65. The molecule has 2 rings (SSSR count). The molecule has 0 fully saturated rings. The van der Waals surface area contributed by atoms with Crippen LogP contribution in [0.3, 0.4) is 0 Å². The summed E-state index contributed by atoms with van der Waals surface area (Å²) in [5.74, 6) is -0.869. The molecule has 118 valence electrons. The molecule has 2 aromatic carbocycles. The molecule has 0 saturated heterocycles. The van der Waals surface area contributed by atoms with E-state index in [-0.39, 0.29) is 0 Å². The number of rotatable bonds is 5. The van der Waals surface area contributed by atoms with Gasteiger partial charge in [-0.2, -0.15) is 0 Å². The second kappa shape index (κ2) is 7.94. The van der Waals surface area contributed by atoms with E-state index < -0.39 is 11.9 Å². The summed E-state index contributed by atoms with van der Waals surface area (Å²) in [4.78, 5) is 23.7. The molecular weight excluding hydrogens is 292 g/mol. The molecule has 4 heteroatoms. The van der Waals surface area contributed by atoms with E-state index in [1.165, 1.54) is 7.11 Å². The maximum atomic E-state index is 11.9. The van der Waals surface area contributed by atoms with Gasteiger partial charge in [-0.1, -0.05) is 42.5 Å². The third kappa shape index (κ3) is 4.30. The van der Waals surface area contributed by atoms with Crippen LogP contribution in [-0.4, -0.2) is 25.7 Å². The van der Waals surface area contributed by atoms with Gasteiger partial charge in [-0.25, -0.2) is 9.59 Å². The number of esters is 2. The fourth-order valence-corrected chi connectivity index (χ4v) is 2.09. The zero-order valence-electron chi connectivity index (χ0n) is 13.1. The summed E-state index contributed by atoms with van der Waals surface area (Å²) in [5.41, 5.74) is 2.39. The van der Waals surface area contributed by atoms with Crippen molar-refractivity contribution in [2.24, 2.45) is 0 Å². The molecule has 0 aliphatic heterocycles. The van der Waals surface area contributed by atoms with Gasteiger partial charge in [-0.3, -0.25) is 0 Å². The Morgan fingerprint density at radius 3 is 2.39 bits per heavy atom. The number of hydrogen-bond donors (Lipinski definition) is 0. The molecule has 0 radical (unpaired) electrons. The molecule has 0 amide bonds. The molecule has 0 aromatic heterocycles. The Hall–Kier alpha value is -2.88. The largest absolute Gasteiger partial charge is 0.465 e. The van der Waals surface area contributed by atoms with E-state index in [1.54, 1.807) is 31.2 Å². The molecule has 0 aliphatic carbocycles. The van der Waals surface area contributed by atoms with Crippen molar-refractivity contribution in [2.75, 3.05) is 13.7 Å². The van der Waals surface area contributed by atoms with Gasteiger partial charge in [0.1, 0.15) is 0 Å². The van der Waals surface area contributed by atoms with E-state index in [0.717, 1.165) is 5.56 Å². The molecule has 23 heavy (non-hydrogen) atoms. The molecule has 0 saturated carbocycles. The Kier molecular flexibility index (Phi) is 5.69. The molecule has 2 aromatic rings. The molecular formula is C19H18O4. The van der Waals surface area contributed by atoms with E-state index in [2.05, 4.69) is 0 Å². The number of carbonyl (C=O) groups excluding carboxylic acids is 2. The van der Waals surface area contributed by atoms with Crippen LogP contribution in [0.5, 0.6) is 0 Å². The maximum Gasteiger partial charge on any atom is 0.338 e. The summed E-state index contributed by atoms with van der Waals surface area (Å²) >= 11 is 0. The zero-order chi connectivity index (χ0) is 16.7. The second-order valence-corrected chi connectivity index (χ2v) is 4.76. The Labute approximate surface area is 135 Å². The van der Waals surface area contributed by atoms with Crippen LogP contribution in [0, 0.1) is 0 Å². The fourth-order valence-electron chi connectivity index (χ4n) is 2.09. The van der Waals surface area contributed by atoms with Crippen molar-refractivity contribution in [3.8, 4) is 0 Å². The van der Waals surface area contributed by atoms with E-state index in [9.17, 15) is 9.59 Å². The van der Waals surface area contributed by atoms with Gasteiger partial charge in [-0.15, -0.1) is 0 Å². The van der Waals surface area contributed by atoms with Gasteiger partial charge in [0.15, 0.2) is 0 Å². The highest BCUT2D eigenvalue weighted by Crippen LogP contribution is 2.18. The van der Waals surface area contributed by atoms with Gasteiger partial charge in [0.05, 0.1) is 24.8 Å². The summed E-state index contributed by atoms with van der Waals surface area (Å²) in [5, 5.41) is 0. The average Bonchev–Trinajstić information content (AvgIpc) is 2.60. The highest BCUT2D eigenvalue weighted by molar-refractivity contribution is 5.98. The zero-order valence-corrected chi connectivity index (χ0v) is 13.1. The summed E-state index contributed by atoms with van der Waals surface area (Å²) < 4.78 is 9.78. The lowest BCUT2D eigenvalue weighted by Gasteiger charge is -2.07. The van der Waals surface area contributed by atoms with Crippen molar-refractivity contribution in [3.05, 3.63) is 70.8 Å². The second-order valence-electron chi connectivity index (χ2n) is 4.76. The van der Waals surface area contributed by atoms with Gasteiger partial charge in [0.25, 0.3) is 0 Å². The first-order chi connectivity index (χ1) is 11.2. The lowest BCUT2D eigenvalue weighted by Crippen LogP contribution is -2.08. The molecule has 0 atom stereocenters. The molecule has 4 nitrogen and oxygen atoms in total. The highest BCUT2D eigenvalue weighted by Gasteiger charge is 2.14. The predicted octanol–water partition coefficient (Wildman–Crippen LogP) is 3.82. The minimum atomic E-state index is -0.451. The Balaban J connectivity index is 2.40. The normalized spacial score (nSPS) is 10.5. The fraction of sp³-hybridized carbons (Fsp3) is 0.158. The van der Waals surface area contributed by atoms with Crippen LogP contribution in [0.15, 0.2) is 48.5 Å². The number of methoxy groups -OCH3 is 1. The third-order valence-corrected chi connectivity index (χ3v) is 3.22. The lowest BCUT2D eigenvalue weighted by molar-refractivity contribution is 0.0523. The number of benzene rings is 2. The lowest BCUT2D eigenvalue weighted by atomic mass is 10.0. The first-order valence-corrected chi connectivity index (χ1v) is 7.28. The van der Waals surface area contributed by atoms with Crippen molar-refractivity contribution in [2.45, 2.75) is 6.92 Å². The van der Waals surface area contributed by atoms with Crippen molar-refractivity contribution >= 4 is 24.1 Å². The molecule has 0 unspecified atom stereocenters. The number of ether oxygens (including phenoxy) is 2. The monoisotopic (exact) mass is 310 g/mol. The van der Waals surface area contributed by atoms with Crippen LogP contribution >= 0.6 is 0 Å². The Morgan fingerprint density at radius 2 is 1.74 bits per heavy atom. The van der Waals surface area contributed by atoms with Crippen LogP contribution in [0.1, 0.15) is 38.8 Å². The van der Waals surface area contributed by atoms with Crippen LogP contribution in [0.25, 0.3) is 12.2 Å². The van der Waals surface area contributed by atoms with Gasteiger partial charge < -0.3 is 9.47 Å². The Morgan fingerprint density at radius 1 is 1.00 bits per heavy atom. The number of carbonyl (C=O) groups is 2. The minimum Gasteiger partial charge on any atom is -0.465 e. The summed E-state index contributed by atoms with van der Waals surface area (Å²) in [7, 11) is 1.33. The van der Waals surface area contributed by atoms with Crippen molar-refractivity contribution in [3.63, 3.8) is 0 Å². The standard InChI is InChI=1S/C19H18O4/c1-3-23-18(20)16-11-12-17(19(21)22-2)15(13-16)10-9-14-7-5-4-6-8-14/h4-13H,3H2,1-2H3/b10-9+.